The number of hydrogen-bond donors (Lipinski definition) is 0. The number of allylic oxidation sites excluding steroid dienone is 2. The summed E-state index contributed by atoms with van der Waals surface area (Å²) in [6.45, 7) is 2.10. The number of aryl methyl sites for hydroxylation is 1. The highest BCUT2D eigenvalue weighted by atomic mass is 16.1. The second-order valence-electron chi connectivity index (χ2n) is 6.24. The van der Waals surface area contributed by atoms with E-state index < -0.39 is 0 Å². The van der Waals surface area contributed by atoms with Gasteiger partial charge in [-0.25, -0.2) is 0 Å². The quantitative estimate of drug-likeness (QED) is 0.404. The number of hydrogen-bond acceptors (Lipinski definition) is 1. The van der Waals surface area contributed by atoms with E-state index in [1.807, 2.05) is 42.5 Å². The van der Waals surface area contributed by atoms with Gasteiger partial charge in [0.25, 0.3) is 0 Å². The van der Waals surface area contributed by atoms with E-state index in [4.69, 9.17) is 0 Å². The molecular formula is C24H22O. The average Bonchev–Trinajstić information content (AvgIpc) is 2.67. The highest BCUT2D eigenvalue weighted by molar-refractivity contribution is 6.04. The maximum Gasteiger partial charge on any atom is 0.185 e. The van der Waals surface area contributed by atoms with Crippen LogP contribution < -0.4 is 0 Å². The fraction of sp³-hybridized carbons (Fsp3) is 0.125. The lowest BCUT2D eigenvalue weighted by Crippen LogP contribution is -2.01. The van der Waals surface area contributed by atoms with Gasteiger partial charge in [-0.05, 0) is 30.5 Å². The number of carbonyl (C=O) groups excluding carboxylic acids is 1. The van der Waals surface area contributed by atoms with E-state index in [0.29, 0.717) is 0 Å². The minimum atomic E-state index is 0.0521. The molecule has 0 spiro atoms. The monoisotopic (exact) mass is 326 g/mol. The van der Waals surface area contributed by atoms with Gasteiger partial charge in [-0.3, -0.25) is 4.79 Å². The number of rotatable bonds is 6. The summed E-state index contributed by atoms with van der Waals surface area (Å²) in [4.78, 5) is 12.3. The summed E-state index contributed by atoms with van der Waals surface area (Å²) < 4.78 is 0. The van der Waals surface area contributed by atoms with Gasteiger partial charge in [0.1, 0.15) is 0 Å². The smallest absolute Gasteiger partial charge is 0.185 e. The molecule has 25 heavy (non-hydrogen) atoms. The number of benzene rings is 3. The minimum Gasteiger partial charge on any atom is -0.289 e. The average molecular weight is 326 g/mol. The third kappa shape index (κ3) is 4.54. The van der Waals surface area contributed by atoms with E-state index in [1.54, 1.807) is 6.08 Å². The molecule has 0 bridgehead atoms. The standard InChI is InChI=1S/C24H22O/c1-19-15-17-21(18-16-19)23(20-9-4-2-5-10-20)13-8-14-24(25)22-11-6-3-7-12-22/h2-12,14-18,23H,13H2,1H3/b14-8+/t23-/m1/s1. The predicted molar refractivity (Wildman–Crippen MR) is 104 cm³/mol. The summed E-state index contributed by atoms with van der Waals surface area (Å²) in [7, 11) is 0. The SMILES string of the molecule is Cc1ccc([C@H](C/C=C/C(=O)c2ccccc2)c2ccccc2)cc1. The zero-order valence-electron chi connectivity index (χ0n) is 14.4. The van der Waals surface area contributed by atoms with Crippen LogP contribution in [0.2, 0.25) is 0 Å². The Labute approximate surface area is 149 Å². The van der Waals surface area contributed by atoms with Crippen molar-refractivity contribution in [2.75, 3.05) is 0 Å². The summed E-state index contributed by atoms with van der Waals surface area (Å²) in [5, 5.41) is 0. The fourth-order valence-corrected chi connectivity index (χ4v) is 2.96. The molecule has 0 N–H and O–H groups in total. The molecule has 1 atom stereocenters. The largest absolute Gasteiger partial charge is 0.289 e. The summed E-state index contributed by atoms with van der Waals surface area (Å²) >= 11 is 0. The van der Waals surface area contributed by atoms with E-state index >= 15 is 0 Å². The topological polar surface area (TPSA) is 17.1 Å². The maximum absolute atomic E-state index is 12.3. The Morgan fingerprint density at radius 2 is 1.36 bits per heavy atom. The highest BCUT2D eigenvalue weighted by Gasteiger charge is 2.12. The Kier molecular flexibility index (Phi) is 5.58. The molecule has 3 aromatic carbocycles. The lowest BCUT2D eigenvalue weighted by molar-refractivity contribution is 0.104. The maximum atomic E-state index is 12.3. The first kappa shape index (κ1) is 16.9. The summed E-state index contributed by atoms with van der Waals surface area (Å²) in [6, 6.07) is 28.5. The molecule has 0 radical (unpaired) electrons. The molecule has 0 saturated heterocycles. The van der Waals surface area contributed by atoms with Gasteiger partial charge in [0.2, 0.25) is 0 Å². The summed E-state index contributed by atoms with van der Waals surface area (Å²) in [5.41, 5.74) is 4.52. The zero-order valence-corrected chi connectivity index (χ0v) is 14.4. The van der Waals surface area contributed by atoms with E-state index in [0.717, 1.165) is 12.0 Å². The Morgan fingerprint density at radius 3 is 2.00 bits per heavy atom. The first-order chi connectivity index (χ1) is 12.2. The second-order valence-corrected chi connectivity index (χ2v) is 6.24. The summed E-state index contributed by atoms with van der Waals surface area (Å²) in [5.74, 6) is 0.304. The molecule has 124 valence electrons. The Hall–Kier alpha value is -2.93. The molecule has 1 heteroatoms. The van der Waals surface area contributed by atoms with Crippen LogP contribution >= 0.6 is 0 Å². The van der Waals surface area contributed by atoms with Crippen molar-refractivity contribution in [1.82, 2.24) is 0 Å². The fourth-order valence-electron chi connectivity index (χ4n) is 2.96. The summed E-state index contributed by atoms with van der Waals surface area (Å²) in [6.07, 6.45) is 4.48. The van der Waals surface area contributed by atoms with Gasteiger partial charge in [0.05, 0.1) is 0 Å². The van der Waals surface area contributed by atoms with Crippen LogP contribution in [0.3, 0.4) is 0 Å². The zero-order chi connectivity index (χ0) is 17.5. The molecule has 0 heterocycles. The van der Waals surface area contributed by atoms with Crippen LogP contribution in [0, 0.1) is 6.92 Å². The van der Waals surface area contributed by atoms with Gasteiger partial charge in [-0.2, -0.15) is 0 Å². The normalized spacial score (nSPS) is 12.2. The van der Waals surface area contributed by atoms with Crippen LogP contribution in [0.25, 0.3) is 0 Å². The Morgan fingerprint density at radius 1 is 0.800 bits per heavy atom. The van der Waals surface area contributed by atoms with Crippen molar-refractivity contribution in [3.05, 3.63) is 119 Å². The molecule has 0 aromatic heterocycles. The predicted octanol–water partition coefficient (Wildman–Crippen LogP) is 5.96. The molecule has 0 aliphatic carbocycles. The molecule has 3 aromatic rings. The van der Waals surface area contributed by atoms with Gasteiger partial charge < -0.3 is 0 Å². The van der Waals surface area contributed by atoms with Gasteiger partial charge in [-0.15, -0.1) is 0 Å². The van der Waals surface area contributed by atoms with E-state index in [1.165, 1.54) is 16.7 Å². The molecule has 0 unspecified atom stereocenters. The number of ketones is 1. The molecule has 0 aliphatic rings. The van der Waals surface area contributed by atoms with Crippen molar-refractivity contribution in [2.45, 2.75) is 19.3 Å². The van der Waals surface area contributed by atoms with Gasteiger partial charge in [0, 0.05) is 11.5 Å². The lowest BCUT2D eigenvalue weighted by atomic mass is 9.88. The molecule has 0 aliphatic heterocycles. The molecule has 0 amide bonds. The van der Waals surface area contributed by atoms with Crippen molar-refractivity contribution >= 4 is 5.78 Å². The Bertz CT molecular complexity index is 830. The van der Waals surface area contributed by atoms with Gasteiger partial charge >= 0.3 is 0 Å². The lowest BCUT2D eigenvalue weighted by Gasteiger charge is -2.16. The molecule has 3 rings (SSSR count). The number of carbonyl (C=O) groups is 1. The van der Waals surface area contributed by atoms with Crippen LogP contribution in [0.4, 0.5) is 0 Å². The molecule has 0 fully saturated rings. The van der Waals surface area contributed by atoms with Crippen LogP contribution in [0.15, 0.2) is 97.1 Å². The van der Waals surface area contributed by atoms with Crippen LogP contribution in [0.5, 0.6) is 0 Å². The van der Waals surface area contributed by atoms with E-state index in [9.17, 15) is 4.79 Å². The molecular weight excluding hydrogens is 304 g/mol. The molecule has 1 nitrogen and oxygen atoms in total. The van der Waals surface area contributed by atoms with Crippen molar-refractivity contribution < 1.29 is 4.79 Å². The van der Waals surface area contributed by atoms with Crippen LogP contribution in [0.1, 0.15) is 39.4 Å². The van der Waals surface area contributed by atoms with Crippen molar-refractivity contribution in [2.24, 2.45) is 0 Å². The first-order valence-corrected chi connectivity index (χ1v) is 8.61. The van der Waals surface area contributed by atoms with Gasteiger partial charge in [0.15, 0.2) is 5.78 Å². The Balaban J connectivity index is 1.80. The van der Waals surface area contributed by atoms with Crippen LogP contribution in [-0.2, 0) is 0 Å². The second kappa shape index (κ2) is 8.25. The third-order valence-corrected chi connectivity index (χ3v) is 4.38. The van der Waals surface area contributed by atoms with Crippen molar-refractivity contribution in [3.63, 3.8) is 0 Å². The van der Waals surface area contributed by atoms with E-state index in [2.05, 4.69) is 55.5 Å². The van der Waals surface area contributed by atoms with Crippen LogP contribution in [-0.4, -0.2) is 5.78 Å². The highest BCUT2D eigenvalue weighted by Crippen LogP contribution is 2.28. The first-order valence-electron chi connectivity index (χ1n) is 8.61. The molecule has 0 saturated carbocycles. The third-order valence-electron chi connectivity index (χ3n) is 4.38. The van der Waals surface area contributed by atoms with Crippen molar-refractivity contribution in [1.29, 1.82) is 0 Å². The van der Waals surface area contributed by atoms with E-state index in [-0.39, 0.29) is 11.7 Å². The minimum absolute atomic E-state index is 0.0521. The van der Waals surface area contributed by atoms with Gasteiger partial charge in [-0.1, -0.05) is 96.6 Å². The van der Waals surface area contributed by atoms with Crippen molar-refractivity contribution in [3.8, 4) is 0 Å².